The number of hydrogen-bond acceptors (Lipinski definition) is 4. The lowest BCUT2D eigenvalue weighted by atomic mass is 10.1. The van der Waals surface area contributed by atoms with Crippen LogP contribution < -0.4 is 9.47 Å². The summed E-state index contributed by atoms with van der Waals surface area (Å²) in [5, 5.41) is 0. The summed E-state index contributed by atoms with van der Waals surface area (Å²) in [4.78, 5) is 1.97. The molecule has 0 bridgehead atoms. The molecule has 22 heavy (non-hydrogen) atoms. The van der Waals surface area contributed by atoms with Crippen molar-refractivity contribution in [3.05, 3.63) is 23.8 Å². The van der Waals surface area contributed by atoms with E-state index < -0.39 is 12.5 Å². The van der Waals surface area contributed by atoms with E-state index in [2.05, 4.69) is 0 Å². The molecule has 2 rings (SSSR count). The van der Waals surface area contributed by atoms with Gasteiger partial charge in [-0.25, -0.2) is 8.78 Å². The van der Waals surface area contributed by atoms with Gasteiger partial charge in [-0.3, -0.25) is 4.90 Å². The first-order valence-corrected chi connectivity index (χ1v) is 7.45. The van der Waals surface area contributed by atoms with Gasteiger partial charge in [0.25, 0.3) is 6.43 Å². The van der Waals surface area contributed by atoms with Crippen LogP contribution in [-0.2, 0) is 11.3 Å². The Bertz CT molecular complexity index is 482. The van der Waals surface area contributed by atoms with Gasteiger partial charge in [0, 0.05) is 19.6 Å². The van der Waals surface area contributed by atoms with Gasteiger partial charge in [0.15, 0.2) is 11.5 Å². The number of benzene rings is 1. The van der Waals surface area contributed by atoms with Crippen molar-refractivity contribution in [3.8, 4) is 11.5 Å². The minimum Gasteiger partial charge on any atom is -0.493 e. The number of morpholine rings is 1. The van der Waals surface area contributed by atoms with E-state index in [9.17, 15) is 8.78 Å². The van der Waals surface area contributed by atoms with Gasteiger partial charge in [-0.1, -0.05) is 6.07 Å². The lowest BCUT2D eigenvalue weighted by Gasteiger charge is -2.32. The Morgan fingerprint density at radius 3 is 2.73 bits per heavy atom. The molecular formula is C16H23F2NO3. The number of halogens is 2. The molecular weight excluding hydrogens is 292 g/mol. The Morgan fingerprint density at radius 2 is 2.09 bits per heavy atom. The highest BCUT2D eigenvalue weighted by molar-refractivity contribution is 5.43. The van der Waals surface area contributed by atoms with Crippen molar-refractivity contribution in [1.29, 1.82) is 0 Å². The van der Waals surface area contributed by atoms with E-state index in [1.54, 1.807) is 7.11 Å². The molecule has 0 spiro atoms. The van der Waals surface area contributed by atoms with E-state index in [4.69, 9.17) is 14.2 Å². The molecule has 1 aromatic carbocycles. The fraction of sp³-hybridized carbons (Fsp3) is 0.625. The molecule has 1 heterocycles. The fourth-order valence-electron chi connectivity index (χ4n) is 2.45. The number of methoxy groups -OCH3 is 1. The monoisotopic (exact) mass is 315 g/mol. The van der Waals surface area contributed by atoms with Crippen molar-refractivity contribution in [3.63, 3.8) is 0 Å². The molecule has 0 aliphatic carbocycles. The zero-order chi connectivity index (χ0) is 16.1. The van der Waals surface area contributed by atoms with E-state index >= 15 is 0 Å². The third-order valence-corrected chi connectivity index (χ3v) is 3.46. The molecule has 1 atom stereocenters. The van der Waals surface area contributed by atoms with Crippen molar-refractivity contribution in [2.24, 2.45) is 0 Å². The summed E-state index contributed by atoms with van der Waals surface area (Å²) in [6.07, 6.45) is -3.39. The van der Waals surface area contributed by atoms with Gasteiger partial charge >= 0.3 is 0 Å². The average Bonchev–Trinajstić information content (AvgIpc) is 2.48. The van der Waals surface area contributed by atoms with Gasteiger partial charge in [-0.2, -0.15) is 0 Å². The summed E-state index contributed by atoms with van der Waals surface area (Å²) in [7, 11) is 1.59. The number of ether oxygens (including phenoxy) is 3. The Morgan fingerprint density at radius 1 is 1.32 bits per heavy atom. The molecule has 0 aromatic heterocycles. The zero-order valence-electron chi connectivity index (χ0n) is 13.2. The van der Waals surface area contributed by atoms with Gasteiger partial charge in [0.1, 0.15) is 6.10 Å². The molecule has 1 aliphatic heterocycles. The van der Waals surface area contributed by atoms with Crippen LogP contribution >= 0.6 is 0 Å². The molecule has 1 saturated heterocycles. The highest BCUT2D eigenvalue weighted by Crippen LogP contribution is 2.29. The maximum absolute atomic E-state index is 12.7. The largest absolute Gasteiger partial charge is 0.493 e. The lowest BCUT2D eigenvalue weighted by Crippen LogP contribution is -2.45. The molecule has 1 aliphatic rings. The summed E-state index contributed by atoms with van der Waals surface area (Å²) in [6, 6.07) is 5.69. The van der Waals surface area contributed by atoms with Crippen molar-refractivity contribution in [1.82, 2.24) is 4.90 Å². The molecule has 6 heteroatoms. The Kier molecular flexibility index (Phi) is 5.97. The first-order valence-electron chi connectivity index (χ1n) is 7.45. The highest BCUT2D eigenvalue weighted by atomic mass is 19.3. The second kappa shape index (κ2) is 7.74. The summed E-state index contributed by atoms with van der Waals surface area (Å²) in [5.74, 6) is 1.35. The van der Waals surface area contributed by atoms with Crippen molar-refractivity contribution < 1.29 is 23.0 Å². The zero-order valence-corrected chi connectivity index (χ0v) is 13.2. The number of hydrogen-bond donors (Lipinski definition) is 0. The minimum atomic E-state index is -2.45. The van der Waals surface area contributed by atoms with Crippen LogP contribution in [0.4, 0.5) is 8.78 Å². The average molecular weight is 315 g/mol. The maximum atomic E-state index is 12.7. The van der Waals surface area contributed by atoms with Crippen LogP contribution in [0.15, 0.2) is 18.2 Å². The van der Waals surface area contributed by atoms with Crippen molar-refractivity contribution in [2.75, 3.05) is 26.8 Å². The Labute approximate surface area is 130 Å². The Balaban J connectivity index is 2.03. The SMILES string of the molecule is COc1cc(CN2CCOC(C(F)F)C2)ccc1OC(C)C. The molecule has 4 nitrogen and oxygen atoms in total. The maximum Gasteiger partial charge on any atom is 0.265 e. The minimum absolute atomic E-state index is 0.0609. The van der Waals surface area contributed by atoms with Crippen LogP contribution in [0.5, 0.6) is 11.5 Å². The van der Waals surface area contributed by atoms with Gasteiger partial charge in [0.2, 0.25) is 0 Å². The van der Waals surface area contributed by atoms with Crippen LogP contribution in [0.1, 0.15) is 19.4 Å². The first-order chi connectivity index (χ1) is 10.5. The van der Waals surface area contributed by atoms with Crippen LogP contribution in [0, 0.1) is 0 Å². The molecule has 1 fully saturated rings. The molecule has 0 N–H and O–H groups in total. The smallest absolute Gasteiger partial charge is 0.265 e. The third-order valence-electron chi connectivity index (χ3n) is 3.46. The summed E-state index contributed by atoms with van der Waals surface area (Å²) in [6.45, 7) is 5.71. The summed E-state index contributed by atoms with van der Waals surface area (Å²) >= 11 is 0. The van der Waals surface area contributed by atoms with Crippen molar-refractivity contribution >= 4 is 0 Å². The topological polar surface area (TPSA) is 30.9 Å². The van der Waals surface area contributed by atoms with Gasteiger partial charge in [-0.05, 0) is 31.5 Å². The highest BCUT2D eigenvalue weighted by Gasteiger charge is 2.27. The van der Waals surface area contributed by atoms with E-state index in [-0.39, 0.29) is 12.6 Å². The lowest BCUT2D eigenvalue weighted by molar-refractivity contribution is -0.104. The second-order valence-corrected chi connectivity index (χ2v) is 5.63. The van der Waals surface area contributed by atoms with Crippen LogP contribution in [0.3, 0.4) is 0 Å². The number of alkyl halides is 2. The van der Waals surface area contributed by atoms with Gasteiger partial charge in [-0.15, -0.1) is 0 Å². The molecule has 1 aromatic rings. The predicted molar refractivity (Wildman–Crippen MR) is 79.8 cm³/mol. The summed E-state index contributed by atoms with van der Waals surface area (Å²) in [5.41, 5.74) is 1.00. The normalized spacial score (nSPS) is 19.7. The molecule has 124 valence electrons. The van der Waals surface area contributed by atoms with E-state index in [0.29, 0.717) is 31.2 Å². The summed E-state index contributed by atoms with van der Waals surface area (Å²) < 4.78 is 41.6. The quantitative estimate of drug-likeness (QED) is 0.807. The second-order valence-electron chi connectivity index (χ2n) is 5.63. The molecule has 0 amide bonds. The fourth-order valence-corrected chi connectivity index (χ4v) is 2.45. The van der Waals surface area contributed by atoms with E-state index in [1.165, 1.54) is 0 Å². The van der Waals surface area contributed by atoms with Crippen LogP contribution in [-0.4, -0.2) is 50.3 Å². The van der Waals surface area contributed by atoms with Gasteiger partial charge < -0.3 is 14.2 Å². The van der Waals surface area contributed by atoms with Gasteiger partial charge in [0.05, 0.1) is 19.8 Å². The molecule has 0 saturated carbocycles. The standard InChI is InChI=1S/C16H23F2NO3/c1-11(2)22-13-5-4-12(8-14(13)20-3)9-19-6-7-21-15(10-19)16(17)18/h4-5,8,11,15-16H,6-7,9-10H2,1-3H3. The van der Waals surface area contributed by atoms with E-state index in [0.717, 1.165) is 5.56 Å². The van der Waals surface area contributed by atoms with Crippen LogP contribution in [0.2, 0.25) is 0 Å². The Hall–Kier alpha value is -1.40. The molecule has 0 radical (unpaired) electrons. The number of rotatable bonds is 6. The first kappa shape index (κ1) is 17.0. The molecule has 1 unspecified atom stereocenters. The third kappa shape index (κ3) is 4.55. The van der Waals surface area contributed by atoms with Crippen LogP contribution in [0.25, 0.3) is 0 Å². The van der Waals surface area contributed by atoms with E-state index in [1.807, 2.05) is 36.9 Å². The van der Waals surface area contributed by atoms with Crippen molar-refractivity contribution in [2.45, 2.75) is 39.0 Å². The predicted octanol–water partition coefficient (Wildman–Crippen LogP) is 2.95. The number of nitrogens with zero attached hydrogens (tertiary/aromatic N) is 1.